The molecule has 0 aliphatic carbocycles. The summed E-state index contributed by atoms with van der Waals surface area (Å²) in [5, 5.41) is 4.56. The van der Waals surface area contributed by atoms with Crippen LogP contribution in [0.4, 0.5) is 0 Å². The van der Waals surface area contributed by atoms with Crippen LogP contribution in [0, 0.1) is 6.92 Å². The van der Waals surface area contributed by atoms with Crippen molar-refractivity contribution in [1.29, 1.82) is 0 Å². The molecule has 0 aromatic carbocycles. The predicted octanol–water partition coefficient (Wildman–Crippen LogP) is 2.20. The molecule has 0 bridgehead atoms. The van der Waals surface area contributed by atoms with Gasteiger partial charge in [0.2, 0.25) is 0 Å². The molecule has 0 aliphatic heterocycles. The Kier molecular flexibility index (Phi) is 3.35. The number of amides is 1. The number of hydrogen-bond donors (Lipinski definition) is 1. The van der Waals surface area contributed by atoms with Crippen LogP contribution in [0.1, 0.15) is 16.2 Å². The lowest BCUT2D eigenvalue weighted by Crippen LogP contribution is -2.13. The Hall–Kier alpha value is -3.48. The maximum atomic E-state index is 11.6. The van der Waals surface area contributed by atoms with E-state index in [0.717, 1.165) is 28.2 Å². The van der Waals surface area contributed by atoms with Gasteiger partial charge in [-0.2, -0.15) is 5.10 Å². The van der Waals surface area contributed by atoms with Crippen molar-refractivity contribution in [3.63, 3.8) is 0 Å². The highest BCUT2D eigenvalue weighted by molar-refractivity contribution is 5.92. The van der Waals surface area contributed by atoms with E-state index in [-0.39, 0.29) is 0 Å². The third-order valence-corrected chi connectivity index (χ3v) is 4.03. The van der Waals surface area contributed by atoms with Crippen LogP contribution >= 0.6 is 0 Å². The van der Waals surface area contributed by atoms with Crippen LogP contribution in [0.3, 0.4) is 0 Å². The summed E-state index contributed by atoms with van der Waals surface area (Å²) in [6, 6.07) is 9.64. The highest BCUT2D eigenvalue weighted by Gasteiger charge is 2.15. The molecule has 0 fully saturated rings. The Balaban J connectivity index is 1.92. The van der Waals surface area contributed by atoms with Crippen LogP contribution < -0.4 is 5.73 Å². The first-order chi connectivity index (χ1) is 12.0. The molecular formula is C18H16N6O. The van der Waals surface area contributed by atoms with Crippen molar-refractivity contribution in [1.82, 2.24) is 24.1 Å². The number of nitrogens with zero attached hydrogens (tertiary/aromatic N) is 5. The van der Waals surface area contributed by atoms with E-state index in [0.29, 0.717) is 11.3 Å². The fourth-order valence-electron chi connectivity index (χ4n) is 2.89. The summed E-state index contributed by atoms with van der Waals surface area (Å²) in [5.41, 5.74) is 10.8. The molecule has 0 saturated heterocycles. The Labute approximate surface area is 143 Å². The van der Waals surface area contributed by atoms with Crippen LogP contribution in [0.15, 0.2) is 48.9 Å². The minimum atomic E-state index is -0.517. The fraction of sp³-hybridized carbons (Fsp3) is 0.111. The van der Waals surface area contributed by atoms with Crippen molar-refractivity contribution >= 4 is 11.6 Å². The van der Waals surface area contributed by atoms with Gasteiger partial charge >= 0.3 is 0 Å². The van der Waals surface area contributed by atoms with Crippen LogP contribution in [0.5, 0.6) is 0 Å². The maximum absolute atomic E-state index is 11.6. The number of pyridine rings is 2. The summed E-state index contributed by atoms with van der Waals surface area (Å²) in [6.07, 6.45) is 5.26. The van der Waals surface area contributed by atoms with Crippen molar-refractivity contribution in [3.8, 4) is 22.5 Å². The number of aromatic nitrogens is 5. The Morgan fingerprint density at radius 1 is 1.16 bits per heavy atom. The van der Waals surface area contributed by atoms with Gasteiger partial charge in [-0.25, -0.2) is 4.98 Å². The zero-order valence-corrected chi connectivity index (χ0v) is 13.8. The number of nitrogens with two attached hydrogens (primary N) is 1. The molecule has 7 nitrogen and oxygen atoms in total. The van der Waals surface area contributed by atoms with Crippen molar-refractivity contribution < 1.29 is 4.79 Å². The van der Waals surface area contributed by atoms with Gasteiger partial charge in [0.05, 0.1) is 11.9 Å². The van der Waals surface area contributed by atoms with E-state index in [4.69, 9.17) is 5.73 Å². The molecule has 4 aromatic rings. The molecule has 2 N–H and O–H groups in total. The molecule has 25 heavy (non-hydrogen) atoms. The van der Waals surface area contributed by atoms with Gasteiger partial charge in [-0.1, -0.05) is 6.07 Å². The SMILES string of the molecule is Cc1cccc(-c2nn(C)cc2-c2ccc3ncc(C(N)=O)n3c2)n1. The minimum absolute atomic E-state index is 0.343. The zero-order chi connectivity index (χ0) is 17.6. The first kappa shape index (κ1) is 15.1. The molecular weight excluding hydrogens is 316 g/mol. The summed E-state index contributed by atoms with van der Waals surface area (Å²) in [5.74, 6) is -0.517. The number of primary amides is 1. The Morgan fingerprint density at radius 3 is 2.76 bits per heavy atom. The van der Waals surface area contributed by atoms with Gasteiger partial charge in [0.15, 0.2) is 0 Å². The van der Waals surface area contributed by atoms with E-state index in [2.05, 4.69) is 15.1 Å². The second kappa shape index (κ2) is 5.55. The first-order valence-corrected chi connectivity index (χ1v) is 7.78. The molecule has 124 valence electrons. The summed E-state index contributed by atoms with van der Waals surface area (Å²) < 4.78 is 3.44. The van der Waals surface area contributed by atoms with Gasteiger partial charge < -0.3 is 5.73 Å². The Bertz CT molecular complexity index is 1110. The monoisotopic (exact) mass is 332 g/mol. The van der Waals surface area contributed by atoms with Crippen LogP contribution in [-0.4, -0.2) is 30.1 Å². The molecule has 0 saturated carbocycles. The number of carbonyl (C=O) groups is 1. The first-order valence-electron chi connectivity index (χ1n) is 7.78. The second-order valence-electron chi connectivity index (χ2n) is 5.88. The fourth-order valence-corrected chi connectivity index (χ4v) is 2.89. The summed E-state index contributed by atoms with van der Waals surface area (Å²) >= 11 is 0. The van der Waals surface area contributed by atoms with Crippen LogP contribution in [0.2, 0.25) is 0 Å². The van der Waals surface area contributed by atoms with E-state index < -0.39 is 5.91 Å². The number of aryl methyl sites for hydroxylation is 2. The lowest BCUT2D eigenvalue weighted by atomic mass is 10.1. The lowest BCUT2D eigenvalue weighted by Gasteiger charge is -2.05. The smallest absolute Gasteiger partial charge is 0.267 e. The standard InChI is InChI=1S/C18H16N6O/c1-11-4-3-5-14(21-11)17-13(10-23(2)22-17)12-6-7-16-20-8-15(18(19)25)24(16)9-12/h3-10H,1-2H3,(H2,19,25). The average Bonchev–Trinajstić information content (AvgIpc) is 3.17. The minimum Gasteiger partial charge on any atom is -0.364 e. The predicted molar refractivity (Wildman–Crippen MR) is 93.9 cm³/mol. The largest absolute Gasteiger partial charge is 0.364 e. The molecule has 0 spiro atoms. The third-order valence-electron chi connectivity index (χ3n) is 4.03. The van der Waals surface area contributed by atoms with Crippen molar-refractivity contribution in [2.75, 3.05) is 0 Å². The summed E-state index contributed by atoms with van der Waals surface area (Å²) in [6.45, 7) is 1.95. The van der Waals surface area contributed by atoms with Gasteiger partial charge in [0.25, 0.3) is 5.91 Å². The zero-order valence-electron chi connectivity index (χ0n) is 13.8. The number of fused-ring (bicyclic) bond motifs is 1. The number of hydrogen-bond acceptors (Lipinski definition) is 4. The number of carbonyl (C=O) groups excluding carboxylic acids is 1. The molecule has 1 amide bonds. The van der Waals surface area contributed by atoms with E-state index >= 15 is 0 Å². The summed E-state index contributed by atoms with van der Waals surface area (Å²) in [4.78, 5) is 20.4. The molecule has 0 unspecified atom stereocenters. The molecule has 0 aliphatic rings. The maximum Gasteiger partial charge on any atom is 0.267 e. The number of imidazole rings is 1. The Morgan fingerprint density at radius 2 is 2.00 bits per heavy atom. The van der Waals surface area contributed by atoms with E-state index in [1.165, 1.54) is 6.20 Å². The van der Waals surface area contributed by atoms with Gasteiger partial charge in [0, 0.05) is 36.3 Å². The molecule has 4 rings (SSSR count). The molecule has 7 heteroatoms. The van der Waals surface area contributed by atoms with Gasteiger partial charge in [-0.05, 0) is 31.2 Å². The van der Waals surface area contributed by atoms with E-state index in [9.17, 15) is 4.79 Å². The second-order valence-corrected chi connectivity index (χ2v) is 5.88. The van der Waals surface area contributed by atoms with Crippen LogP contribution in [-0.2, 0) is 7.05 Å². The third kappa shape index (κ3) is 2.55. The molecule has 4 aromatic heterocycles. The normalized spacial score (nSPS) is 11.1. The summed E-state index contributed by atoms with van der Waals surface area (Å²) in [7, 11) is 1.87. The van der Waals surface area contributed by atoms with Crippen molar-refractivity contribution in [2.24, 2.45) is 12.8 Å². The lowest BCUT2D eigenvalue weighted by molar-refractivity contribution is 0.0995. The average molecular weight is 332 g/mol. The van der Waals surface area contributed by atoms with Crippen LogP contribution in [0.25, 0.3) is 28.2 Å². The molecule has 0 atom stereocenters. The van der Waals surface area contributed by atoms with Gasteiger partial charge in [-0.15, -0.1) is 0 Å². The van der Waals surface area contributed by atoms with Gasteiger partial charge in [-0.3, -0.25) is 18.9 Å². The van der Waals surface area contributed by atoms with Gasteiger partial charge in [0.1, 0.15) is 17.0 Å². The topological polar surface area (TPSA) is 91.1 Å². The highest BCUT2D eigenvalue weighted by atomic mass is 16.1. The molecule has 0 radical (unpaired) electrons. The van der Waals surface area contributed by atoms with Crippen molar-refractivity contribution in [3.05, 3.63) is 60.3 Å². The molecule has 4 heterocycles. The quantitative estimate of drug-likeness (QED) is 0.622. The van der Waals surface area contributed by atoms with E-state index in [1.807, 2.05) is 56.7 Å². The van der Waals surface area contributed by atoms with E-state index in [1.54, 1.807) is 9.08 Å². The highest BCUT2D eigenvalue weighted by Crippen LogP contribution is 2.30. The number of rotatable bonds is 3. The van der Waals surface area contributed by atoms with Crippen molar-refractivity contribution in [2.45, 2.75) is 6.92 Å².